The minimum atomic E-state index is 0.231. The molecule has 1 aliphatic rings. The number of aromatic nitrogens is 3. The van der Waals surface area contributed by atoms with E-state index in [2.05, 4.69) is 17.0 Å². The van der Waals surface area contributed by atoms with Gasteiger partial charge in [-0.3, -0.25) is 0 Å². The quantitative estimate of drug-likeness (QED) is 0.759. The van der Waals surface area contributed by atoms with E-state index in [0.29, 0.717) is 11.9 Å². The number of thiocarbonyl (C=S) groups is 1. The standard InChI is InChI=1S/C9H14N4OS/c1-6-2-3-7(14-6)4-13-5-11-9(12-13)8(10)15/h5-7H,2-4H2,1H3,(H2,10,15). The lowest BCUT2D eigenvalue weighted by Gasteiger charge is -2.09. The number of hydrogen-bond acceptors (Lipinski definition) is 4. The second kappa shape index (κ2) is 4.24. The molecule has 1 aliphatic heterocycles. The first-order valence-electron chi connectivity index (χ1n) is 5.00. The molecular formula is C9H14N4OS. The summed E-state index contributed by atoms with van der Waals surface area (Å²) in [5, 5.41) is 4.16. The number of ether oxygens (including phenoxy) is 1. The molecule has 1 saturated heterocycles. The first-order chi connectivity index (χ1) is 7.15. The molecule has 82 valence electrons. The highest BCUT2D eigenvalue weighted by Crippen LogP contribution is 2.19. The molecular weight excluding hydrogens is 212 g/mol. The molecule has 2 rings (SSSR count). The second-order valence-electron chi connectivity index (χ2n) is 3.80. The van der Waals surface area contributed by atoms with Crippen LogP contribution >= 0.6 is 12.2 Å². The Balaban J connectivity index is 1.96. The molecule has 0 bridgehead atoms. The molecule has 1 fully saturated rings. The zero-order valence-electron chi connectivity index (χ0n) is 8.59. The predicted molar refractivity (Wildman–Crippen MR) is 59.5 cm³/mol. The number of nitrogens with two attached hydrogens (primary N) is 1. The van der Waals surface area contributed by atoms with Crippen molar-refractivity contribution in [2.45, 2.75) is 38.5 Å². The third-order valence-corrected chi connectivity index (χ3v) is 2.65. The van der Waals surface area contributed by atoms with Gasteiger partial charge in [0.25, 0.3) is 0 Å². The van der Waals surface area contributed by atoms with Gasteiger partial charge in [-0.1, -0.05) is 12.2 Å². The van der Waals surface area contributed by atoms with Crippen LogP contribution < -0.4 is 5.73 Å². The minimum Gasteiger partial charge on any atom is -0.387 e. The molecule has 2 heterocycles. The van der Waals surface area contributed by atoms with Gasteiger partial charge in [0.05, 0.1) is 18.8 Å². The Morgan fingerprint density at radius 1 is 1.73 bits per heavy atom. The minimum absolute atomic E-state index is 0.231. The lowest BCUT2D eigenvalue weighted by molar-refractivity contribution is 0.0436. The maximum absolute atomic E-state index is 5.68. The fourth-order valence-corrected chi connectivity index (χ4v) is 1.82. The number of rotatable bonds is 3. The van der Waals surface area contributed by atoms with Crippen LogP contribution in [0.1, 0.15) is 25.6 Å². The van der Waals surface area contributed by atoms with Crippen LogP contribution in [0, 0.1) is 0 Å². The smallest absolute Gasteiger partial charge is 0.208 e. The van der Waals surface area contributed by atoms with E-state index >= 15 is 0 Å². The molecule has 0 amide bonds. The summed E-state index contributed by atoms with van der Waals surface area (Å²) < 4.78 is 7.42. The third-order valence-electron chi connectivity index (χ3n) is 2.47. The van der Waals surface area contributed by atoms with Crippen LogP contribution in [0.2, 0.25) is 0 Å². The summed E-state index contributed by atoms with van der Waals surface area (Å²) >= 11 is 4.79. The van der Waals surface area contributed by atoms with E-state index in [9.17, 15) is 0 Å². The average molecular weight is 226 g/mol. The van der Waals surface area contributed by atoms with E-state index in [1.165, 1.54) is 0 Å². The van der Waals surface area contributed by atoms with Gasteiger partial charge in [-0.15, -0.1) is 5.10 Å². The number of nitrogens with zero attached hydrogens (tertiary/aromatic N) is 3. The summed E-state index contributed by atoms with van der Waals surface area (Å²) in [6.45, 7) is 2.81. The van der Waals surface area contributed by atoms with Crippen LogP contribution in [0.4, 0.5) is 0 Å². The first kappa shape index (κ1) is 10.5. The van der Waals surface area contributed by atoms with Crippen LogP contribution in [0.15, 0.2) is 6.33 Å². The Labute approximate surface area is 93.6 Å². The summed E-state index contributed by atoms with van der Waals surface area (Å²) in [5.74, 6) is 0.427. The highest BCUT2D eigenvalue weighted by Gasteiger charge is 2.22. The fourth-order valence-electron chi connectivity index (χ4n) is 1.72. The Morgan fingerprint density at radius 2 is 2.53 bits per heavy atom. The molecule has 5 nitrogen and oxygen atoms in total. The highest BCUT2D eigenvalue weighted by atomic mass is 32.1. The van der Waals surface area contributed by atoms with Crippen molar-refractivity contribution < 1.29 is 4.74 Å². The molecule has 2 atom stereocenters. The lowest BCUT2D eigenvalue weighted by Crippen LogP contribution is -2.18. The zero-order chi connectivity index (χ0) is 10.8. The van der Waals surface area contributed by atoms with E-state index in [1.807, 2.05) is 0 Å². The molecule has 0 spiro atoms. The average Bonchev–Trinajstić information content (AvgIpc) is 2.76. The van der Waals surface area contributed by atoms with Crippen molar-refractivity contribution in [3.8, 4) is 0 Å². The van der Waals surface area contributed by atoms with Crippen LogP contribution in [0.25, 0.3) is 0 Å². The normalized spacial score (nSPS) is 25.7. The molecule has 2 unspecified atom stereocenters. The van der Waals surface area contributed by atoms with Gasteiger partial charge in [0.15, 0.2) is 0 Å². The third kappa shape index (κ3) is 2.51. The van der Waals surface area contributed by atoms with Gasteiger partial charge in [-0.2, -0.15) is 0 Å². The molecule has 0 aromatic carbocycles. The van der Waals surface area contributed by atoms with Crippen molar-refractivity contribution >= 4 is 17.2 Å². The zero-order valence-corrected chi connectivity index (χ0v) is 9.41. The molecule has 1 aromatic heterocycles. The van der Waals surface area contributed by atoms with Crippen molar-refractivity contribution in [1.29, 1.82) is 0 Å². The predicted octanol–water partition coefficient (Wildman–Crippen LogP) is 0.480. The Hall–Kier alpha value is -1.01. The molecule has 2 N–H and O–H groups in total. The second-order valence-corrected chi connectivity index (χ2v) is 4.24. The SMILES string of the molecule is CC1CCC(Cn2cnc(C(N)=S)n2)O1. The number of hydrogen-bond donors (Lipinski definition) is 1. The Kier molecular flexibility index (Phi) is 2.97. The summed E-state index contributed by atoms with van der Waals surface area (Å²) in [6, 6.07) is 0. The van der Waals surface area contributed by atoms with Crippen LogP contribution in [0.5, 0.6) is 0 Å². The van der Waals surface area contributed by atoms with Crippen molar-refractivity contribution in [3.05, 3.63) is 12.2 Å². The largest absolute Gasteiger partial charge is 0.387 e. The topological polar surface area (TPSA) is 66.0 Å². The summed E-state index contributed by atoms with van der Waals surface area (Å²) in [4.78, 5) is 4.24. The van der Waals surface area contributed by atoms with E-state index in [-0.39, 0.29) is 11.1 Å². The lowest BCUT2D eigenvalue weighted by atomic mass is 10.2. The fraction of sp³-hybridized carbons (Fsp3) is 0.667. The van der Waals surface area contributed by atoms with Gasteiger partial charge in [0.2, 0.25) is 5.82 Å². The van der Waals surface area contributed by atoms with Crippen molar-refractivity contribution in [2.24, 2.45) is 5.73 Å². The summed E-state index contributed by atoms with van der Waals surface area (Å²) in [5.41, 5.74) is 5.42. The van der Waals surface area contributed by atoms with E-state index in [4.69, 9.17) is 22.7 Å². The van der Waals surface area contributed by atoms with Crippen LogP contribution in [-0.2, 0) is 11.3 Å². The van der Waals surface area contributed by atoms with Gasteiger partial charge < -0.3 is 10.5 Å². The monoisotopic (exact) mass is 226 g/mol. The highest BCUT2D eigenvalue weighted by molar-refractivity contribution is 7.80. The van der Waals surface area contributed by atoms with Gasteiger partial charge in [-0.25, -0.2) is 9.67 Å². The van der Waals surface area contributed by atoms with Gasteiger partial charge in [0, 0.05) is 0 Å². The van der Waals surface area contributed by atoms with Crippen LogP contribution in [0.3, 0.4) is 0 Å². The molecule has 0 aliphatic carbocycles. The molecule has 1 aromatic rings. The van der Waals surface area contributed by atoms with E-state index < -0.39 is 0 Å². The maximum atomic E-state index is 5.68. The van der Waals surface area contributed by atoms with Crippen molar-refractivity contribution in [1.82, 2.24) is 14.8 Å². The van der Waals surface area contributed by atoms with Crippen LogP contribution in [-0.4, -0.2) is 32.0 Å². The molecule has 15 heavy (non-hydrogen) atoms. The van der Waals surface area contributed by atoms with E-state index in [1.54, 1.807) is 11.0 Å². The molecule has 0 radical (unpaired) electrons. The van der Waals surface area contributed by atoms with Gasteiger partial charge >= 0.3 is 0 Å². The summed E-state index contributed by atoms with van der Waals surface area (Å²) in [7, 11) is 0. The summed E-state index contributed by atoms with van der Waals surface area (Å²) in [6.07, 6.45) is 4.42. The van der Waals surface area contributed by atoms with Crippen molar-refractivity contribution in [3.63, 3.8) is 0 Å². The first-order valence-corrected chi connectivity index (χ1v) is 5.40. The maximum Gasteiger partial charge on any atom is 0.208 e. The van der Waals surface area contributed by atoms with Gasteiger partial charge in [0.1, 0.15) is 11.3 Å². The molecule has 6 heteroatoms. The molecule has 0 saturated carbocycles. The Morgan fingerprint density at radius 3 is 3.07 bits per heavy atom. The van der Waals surface area contributed by atoms with E-state index in [0.717, 1.165) is 19.4 Å². The van der Waals surface area contributed by atoms with Gasteiger partial charge in [-0.05, 0) is 19.8 Å². The van der Waals surface area contributed by atoms with Crippen molar-refractivity contribution in [2.75, 3.05) is 0 Å². The Bertz CT molecular complexity index is 365.